The van der Waals surface area contributed by atoms with E-state index in [0.29, 0.717) is 33.4 Å². The Morgan fingerprint density at radius 1 is 0.708 bits per heavy atom. The van der Waals surface area contributed by atoms with Crippen molar-refractivity contribution in [2.24, 2.45) is 0 Å². The van der Waals surface area contributed by atoms with Gasteiger partial charge in [0.15, 0.2) is 4.77 Å². The first-order valence-corrected chi connectivity index (χ1v) is 18.3. The van der Waals surface area contributed by atoms with Crippen molar-refractivity contribution in [2.45, 2.75) is 99.3 Å². The zero-order chi connectivity index (χ0) is 37.0. The molecule has 0 saturated carbocycles. The molecule has 0 aromatic carbocycles. The minimum Gasteiger partial charge on any atom is -0.351 e. The molecule has 0 fully saturated rings. The maximum absolute atomic E-state index is 14.6. The highest BCUT2D eigenvalue weighted by molar-refractivity contribution is 8.30. The van der Waals surface area contributed by atoms with Crippen LogP contribution in [0, 0.1) is 4.77 Å². The van der Waals surface area contributed by atoms with E-state index in [1.54, 1.807) is 18.7 Å². The quantitative estimate of drug-likeness (QED) is 0.0880. The van der Waals surface area contributed by atoms with Gasteiger partial charge >= 0.3 is 36.0 Å². The number of nitrogens with zero attached hydrogens (tertiary/aromatic N) is 5. The van der Waals surface area contributed by atoms with E-state index >= 15 is 0 Å². The van der Waals surface area contributed by atoms with Crippen LogP contribution in [0.4, 0.5) is 61.5 Å². The van der Waals surface area contributed by atoms with E-state index in [-0.39, 0.29) is 37.8 Å². The Hall–Kier alpha value is -0.500. The Kier molecular flexibility index (Phi) is 12.7. The maximum atomic E-state index is 14.6. The van der Waals surface area contributed by atoms with Gasteiger partial charge in [-0.05, 0) is 45.7 Å². The number of aromatic nitrogens is 2. The van der Waals surface area contributed by atoms with Gasteiger partial charge < -0.3 is 18.9 Å². The van der Waals surface area contributed by atoms with Gasteiger partial charge in [-0.15, -0.1) is 26.6 Å². The summed E-state index contributed by atoms with van der Waals surface area (Å²) in [6.07, 6.45) is -13.1. The second kappa shape index (κ2) is 14.5. The summed E-state index contributed by atoms with van der Waals surface area (Å²) in [5.41, 5.74) is 0. The van der Waals surface area contributed by atoms with Gasteiger partial charge in [0, 0.05) is 47.9 Å². The number of thioether (sulfide) groups is 2. The number of hydrogen-bond donors (Lipinski definition) is 0. The molecule has 1 aromatic heterocycles. The van der Waals surface area contributed by atoms with Crippen LogP contribution in [-0.2, 0) is 6.54 Å². The van der Waals surface area contributed by atoms with E-state index in [2.05, 4.69) is 0 Å². The van der Waals surface area contributed by atoms with Crippen LogP contribution in [-0.4, -0.2) is 88.2 Å². The van der Waals surface area contributed by atoms with Crippen molar-refractivity contribution in [3.63, 3.8) is 0 Å². The lowest BCUT2D eigenvalue weighted by Gasteiger charge is -2.33. The summed E-state index contributed by atoms with van der Waals surface area (Å²) in [6.45, 7) is 3.81. The summed E-state index contributed by atoms with van der Waals surface area (Å²) in [6, 6.07) is -1.01. The molecule has 3 heterocycles. The molecular weight excluding hydrogens is 805 g/mol. The van der Waals surface area contributed by atoms with Crippen molar-refractivity contribution in [2.75, 3.05) is 24.1 Å². The second-order valence-corrected chi connectivity index (χ2v) is 16.8. The first kappa shape index (κ1) is 41.9. The van der Waals surface area contributed by atoms with Crippen LogP contribution in [0.2, 0.25) is 0 Å². The number of imidazole rings is 1. The number of halogens is 14. The normalized spacial score (nSPS) is 18.1. The van der Waals surface area contributed by atoms with Gasteiger partial charge in [-0.25, -0.2) is 0 Å². The number of rotatable bonds is 12. The Labute approximate surface area is 292 Å². The third kappa shape index (κ3) is 7.94. The lowest BCUT2D eigenvalue weighted by Crippen LogP contribution is -2.56. The number of hydrogen-bond acceptors (Lipinski definition) is 9. The highest BCUT2D eigenvalue weighted by Crippen LogP contribution is 2.57. The van der Waals surface area contributed by atoms with Gasteiger partial charge in [-0.2, -0.15) is 61.5 Å². The smallest absolute Gasteiger partial charge is 0.351 e. The Morgan fingerprint density at radius 2 is 1.21 bits per heavy atom. The topological polar surface area (TPSA) is 19.6 Å². The lowest BCUT2D eigenvalue weighted by atomic mass is 10.1. The molecule has 0 bridgehead atoms. The van der Waals surface area contributed by atoms with Crippen LogP contribution in [0.15, 0.2) is 20.1 Å². The van der Waals surface area contributed by atoms with Crippen molar-refractivity contribution in [1.29, 1.82) is 0 Å². The molecule has 3 rings (SSSR count). The molecule has 48 heavy (non-hydrogen) atoms. The Bertz CT molecular complexity index is 1410. The van der Waals surface area contributed by atoms with Gasteiger partial charge in [0.2, 0.25) is 0 Å². The molecule has 2 aliphatic heterocycles. The monoisotopic (exact) mass is 831 g/mol. The maximum Gasteiger partial charge on any atom is 0.459 e. The van der Waals surface area contributed by atoms with E-state index in [0.717, 1.165) is 35.5 Å². The van der Waals surface area contributed by atoms with Crippen molar-refractivity contribution < 1.29 is 61.5 Å². The predicted octanol–water partition coefficient (Wildman–Crippen LogP) is 10.8. The third-order valence-electron chi connectivity index (χ3n) is 6.57. The molecule has 0 radical (unpaired) electrons. The SMILES string of the molecule is CCSc1c(SN2SC3=C(S2)N(C(C)C)CSCN3CC(F)(F)C(F)(F)C(F)(F)F)n(C(C)C)c(=S)n1CC(F)(F)C(F)(F)C(F)(F)F. The Morgan fingerprint density at radius 3 is 1.67 bits per heavy atom. The van der Waals surface area contributed by atoms with Crippen LogP contribution in [0.3, 0.4) is 0 Å². The molecule has 25 heteroatoms. The molecule has 0 unspecified atom stereocenters. The predicted molar refractivity (Wildman–Crippen MR) is 163 cm³/mol. The fourth-order valence-electron chi connectivity index (χ4n) is 4.11. The van der Waals surface area contributed by atoms with Crippen molar-refractivity contribution in [1.82, 2.24) is 22.0 Å². The molecule has 1 aromatic rings. The van der Waals surface area contributed by atoms with E-state index in [1.807, 2.05) is 0 Å². The Balaban J connectivity index is 2.07. The van der Waals surface area contributed by atoms with Crippen LogP contribution in [0.5, 0.6) is 0 Å². The number of alkyl halides is 14. The molecule has 2 aliphatic rings. The summed E-state index contributed by atoms with van der Waals surface area (Å²) in [4.78, 5) is 2.34. The van der Waals surface area contributed by atoms with E-state index in [9.17, 15) is 61.5 Å². The lowest BCUT2D eigenvalue weighted by molar-refractivity contribution is -0.357. The third-order valence-corrected chi connectivity index (χ3v) is 12.8. The highest BCUT2D eigenvalue weighted by Gasteiger charge is 2.74. The van der Waals surface area contributed by atoms with Gasteiger partial charge in [0.05, 0.1) is 24.8 Å². The van der Waals surface area contributed by atoms with Gasteiger partial charge in [0.25, 0.3) is 0 Å². The fraction of sp³-hybridized carbons (Fsp3) is 0.783. The molecule has 0 atom stereocenters. The minimum absolute atomic E-state index is 0.00316. The summed E-state index contributed by atoms with van der Waals surface area (Å²) in [5.74, 6) is -24.2. The fourth-order valence-corrected chi connectivity index (χ4v) is 11.0. The average molecular weight is 832 g/mol. The zero-order valence-electron chi connectivity index (χ0n) is 25.2. The van der Waals surface area contributed by atoms with Gasteiger partial charge in [-0.3, -0.25) is 0 Å². The first-order chi connectivity index (χ1) is 21.6. The molecule has 0 N–H and O–H groups in total. The molecule has 278 valence electrons. The highest BCUT2D eigenvalue weighted by atomic mass is 32.3. The van der Waals surface area contributed by atoms with E-state index in [4.69, 9.17) is 12.2 Å². The first-order valence-electron chi connectivity index (χ1n) is 13.4. The zero-order valence-corrected chi connectivity index (χ0v) is 30.1. The second-order valence-electron chi connectivity index (χ2n) is 10.8. The average Bonchev–Trinajstić information content (AvgIpc) is 3.37. The molecule has 0 aliphatic carbocycles. The summed E-state index contributed by atoms with van der Waals surface area (Å²) < 4.78 is 194. The molecule has 0 spiro atoms. The molecular formula is C23H27F14N5S6. The van der Waals surface area contributed by atoms with Crippen LogP contribution in [0.1, 0.15) is 40.7 Å². The van der Waals surface area contributed by atoms with Crippen LogP contribution in [0.25, 0.3) is 0 Å². The minimum atomic E-state index is -6.59. The van der Waals surface area contributed by atoms with E-state index in [1.165, 1.54) is 28.5 Å². The molecule has 0 amide bonds. The summed E-state index contributed by atoms with van der Waals surface area (Å²) in [5, 5.41) is -0.156. The van der Waals surface area contributed by atoms with Crippen molar-refractivity contribution >= 4 is 71.6 Å². The van der Waals surface area contributed by atoms with E-state index < -0.39 is 65.8 Å². The van der Waals surface area contributed by atoms with Crippen molar-refractivity contribution in [3.8, 4) is 0 Å². The van der Waals surface area contributed by atoms with Crippen LogP contribution >= 0.6 is 71.6 Å². The van der Waals surface area contributed by atoms with Gasteiger partial charge in [0.1, 0.15) is 20.1 Å². The summed E-state index contributed by atoms with van der Waals surface area (Å²) in [7, 11) is 0. The van der Waals surface area contributed by atoms with Crippen molar-refractivity contribution in [3.05, 3.63) is 14.8 Å². The molecule has 0 saturated heterocycles. The summed E-state index contributed by atoms with van der Waals surface area (Å²) >= 11 is 9.21. The largest absolute Gasteiger partial charge is 0.459 e. The standard InChI is InChI=1S/C23H27F14N5S6/c1-6-45-14-16(41(12(4)5)17(43)39(14)8-19(26,27)21(30,31)23(35,36)37)48-42-46-13-15(47-42)40(11(2)3)10-44-9-38(13)7-18(24,25)20(28,29)22(32,33)34/h11-12H,6-10H2,1-5H3. The van der Waals surface area contributed by atoms with Gasteiger partial charge in [-0.1, -0.05) is 6.92 Å². The van der Waals surface area contributed by atoms with Crippen LogP contribution < -0.4 is 0 Å². The molecule has 5 nitrogen and oxygen atoms in total.